The first-order chi connectivity index (χ1) is 9.97. The molecule has 0 saturated carbocycles. The molecule has 2 rings (SSSR count). The van der Waals surface area contributed by atoms with Gasteiger partial charge in [-0.1, -0.05) is 29.8 Å². The summed E-state index contributed by atoms with van der Waals surface area (Å²) >= 11 is 6.09. The van der Waals surface area contributed by atoms with Crippen LogP contribution in [0, 0.1) is 12.7 Å². The number of aryl methyl sites for hydroxylation is 1. The molecule has 3 nitrogen and oxygen atoms in total. The van der Waals surface area contributed by atoms with E-state index in [1.807, 2.05) is 25.1 Å². The molecule has 2 amide bonds. The molecular weight excluding hydrogens is 291 g/mol. The quantitative estimate of drug-likeness (QED) is 0.850. The topological polar surface area (TPSA) is 41.1 Å². The Hall–Kier alpha value is -2.07. The fourth-order valence-electron chi connectivity index (χ4n) is 2.03. The lowest BCUT2D eigenvalue weighted by atomic mass is 10.1. The first kappa shape index (κ1) is 15.3. The van der Waals surface area contributed by atoms with Gasteiger partial charge in [0.25, 0.3) is 0 Å². The lowest BCUT2D eigenvalue weighted by molar-refractivity contribution is 0.249. The Morgan fingerprint density at radius 3 is 2.62 bits per heavy atom. The van der Waals surface area contributed by atoms with E-state index in [1.54, 1.807) is 13.0 Å². The monoisotopic (exact) mass is 306 g/mol. The van der Waals surface area contributed by atoms with Crippen LogP contribution in [0.5, 0.6) is 0 Å². The van der Waals surface area contributed by atoms with Crippen molar-refractivity contribution in [3.63, 3.8) is 0 Å². The van der Waals surface area contributed by atoms with Gasteiger partial charge in [0, 0.05) is 10.7 Å². The molecule has 1 unspecified atom stereocenters. The molecule has 0 aliphatic carbocycles. The van der Waals surface area contributed by atoms with Crippen LogP contribution in [0.4, 0.5) is 14.9 Å². The minimum atomic E-state index is -0.364. The van der Waals surface area contributed by atoms with Gasteiger partial charge in [-0.25, -0.2) is 9.18 Å². The van der Waals surface area contributed by atoms with Gasteiger partial charge in [-0.3, -0.25) is 0 Å². The van der Waals surface area contributed by atoms with Crippen molar-refractivity contribution in [2.45, 2.75) is 19.9 Å². The molecule has 0 aromatic heterocycles. The fourth-order valence-corrected chi connectivity index (χ4v) is 2.33. The second-order valence-corrected chi connectivity index (χ2v) is 5.21. The second-order valence-electron chi connectivity index (χ2n) is 4.80. The highest BCUT2D eigenvalue weighted by molar-refractivity contribution is 6.31. The average molecular weight is 307 g/mol. The second kappa shape index (κ2) is 6.59. The van der Waals surface area contributed by atoms with Crippen molar-refractivity contribution >= 4 is 23.3 Å². The first-order valence-corrected chi connectivity index (χ1v) is 6.93. The number of anilines is 1. The Bertz CT molecular complexity index is 660. The number of carbonyl (C=O) groups is 1. The molecular formula is C16H16ClFN2O. The molecule has 21 heavy (non-hydrogen) atoms. The number of carbonyl (C=O) groups excluding carboxylic acids is 1. The van der Waals surface area contributed by atoms with E-state index in [4.69, 9.17) is 11.6 Å². The molecule has 0 saturated heterocycles. The zero-order valence-corrected chi connectivity index (χ0v) is 12.5. The van der Waals surface area contributed by atoms with E-state index in [1.165, 1.54) is 18.2 Å². The average Bonchev–Trinajstić information content (AvgIpc) is 2.42. The molecule has 0 bridgehead atoms. The Labute approximate surface area is 128 Å². The Morgan fingerprint density at radius 2 is 1.95 bits per heavy atom. The van der Waals surface area contributed by atoms with Crippen molar-refractivity contribution in [3.05, 3.63) is 64.4 Å². The van der Waals surface area contributed by atoms with Crippen LogP contribution in [0.3, 0.4) is 0 Å². The summed E-state index contributed by atoms with van der Waals surface area (Å²) in [6.07, 6.45) is 0. The van der Waals surface area contributed by atoms with Crippen molar-refractivity contribution in [2.24, 2.45) is 0 Å². The van der Waals surface area contributed by atoms with Gasteiger partial charge in [0.05, 0.1) is 6.04 Å². The third-order valence-electron chi connectivity index (χ3n) is 3.16. The Balaban J connectivity index is 2.03. The number of hydrogen-bond acceptors (Lipinski definition) is 1. The Kier molecular flexibility index (Phi) is 4.81. The van der Waals surface area contributed by atoms with Crippen LogP contribution in [0.1, 0.15) is 24.1 Å². The van der Waals surface area contributed by atoms with Gasteiger partial charge >= 0.3 is 6.03 Å². The fraction of sp³-hybridized carbons (Fsp3) is 0.188. The molecule has 0 spiro atoms. The maximum atomic E-state index is 13.0. The summed E-state index contributed by atoms with van der Waals surface area (Å²) < 4.78 is 13.0. The largest absolute Gasteiger partial charge is 0.331 e. The molecule has 110 valence electrons. The molecule has 2 aromatic carbocycles. The van der Waals surface area contributed by atoms with Gasteiger partial charge in [-0.05, 0) is 49.2 Å². The zero-order valence-electron chi connectivity index (χ0n) is 11.8. The van der Waals surface area contributed by atoms with E-state index < -0.39 is 0 Å². The van der Waals surface area contributed by atoms with E-state index >= 15 is 0 Å². The summed E-state index contributed by atoms with van der Waals surface area (Å²) in [5.74, 6) is -0.331. The van der Waals surface area contributed by atoms with Crippen LogP contribution in [0.15, 0.2) is 42.5 Å². The van der Waals surface area contributed by atoms with Crippen LogP contribution < -0.4 is 10.6 Å². The Morgan fingerprint density at radius 1 is 1.24 bits per heavy atom. The van der Waals surface area contributed by atoms with E-state index in [0.29, 0.717) is 16.3 Å². The van der Waals surface area contributed by atoms with E-state index in [9.17, 15) is 9.18 Å². The number of amides is 2. The standard InChI is InChI=1S/C16H16ClFN2O/c1-10-9-12(18)7-8-15(10)20-16(21)19-11(2)13-5-3-4-6-14(13)17/h3-9,11H,1-2H3,(H2,19,20,21). The van der Waals surface area contributed by atoms with Gasteiger partial charge in [-0.2, -0.15) is 0 Å². The lowest BCUT2D eigenvalue weighted by Crippen LogP contribution is -2.31. The zero-order chi connectivity index (χ0) is 15.4. The number of urea groups is 1. The molecule has 0 aliphatic rings. The highest BCUT2D eigenvalue weighted by Gasteiger charge is 2.12. The van der Waals surface area contributed by atoms with Crippen LogP contribution in [-0.2, 0) is 0 Å². The van der Waals surface area contributed by atoms with Crippen molar-refractivity contribution in [1.82, 2.24) is 5.32 Å². The molecule has 0 radical (unpaired) electrons. The minimum Gasteiger partial charge on any atom is -0.331 e. The highest BCUT2D eigenvalue weighted by atomic mass is 35.5. The summed E-state index contributed by atoms with van der Waals surface area (Å²) in [5.41, 5.74) is 2.07. The van der Waals surface area contributed by atoms with Crippen LogP contribution in [0.2, 0.25) is 5.02 Å². The normalized spacial score (nSPS) is 11.8. The van der Waals surface area contributed by atoms with Crippen molar-refractivity contribution in [1.29, 1.82) is 0 Å². The van der Waals surface area contributed by atoms with Crippen LogP contribution in [0.25, 0.3) is 0 Å². The molecule has 0 heterocycles. The minimum absolute atomic E-state index is 0.237. The summed E-state index contributed by atoms with van der Waals surface area (Å²) in [4.78, 5) is 12.0. The number of benzene rings is 2. The SMILES string of the molecule is Cc1cc(F)ccc1NC(=O)NC(C)c1ccccc1Cl. The molecule has 5 heteroatoms. The number of rotatable bonds is 3. The van der Waals surface area contributed by atoms with E-state index in [-0.39, 0.29) is 17.9 Å². The summed E-state index contributed by atoms with van der Waals surface area (Å²) in [6.45, 7) is 3.58. The molecule has 0 fully saturated rings. The molecule has 0 aliphatic heterocycles. The maximum absolute atomic E-state index is 13.0. The summed E-state index contributed by atoms with van der Waals surface area (Å²) in [7, 11) is 0. The van der Waals surface area contributed by atoms with Crippen molar-refractivity contribution < 1.29 is 9.18 Å². The third kappa shape index (κ3) is 3.95. The molecule has 1 atom stereocenters. The van der Waals surface area contributed by atoms with E-state index in [0.717, 1.165) is 5.56 Å². The number of hydrogen-bond donors (Lipinski definition) is 2. The van der Waals surface area contributed by atoms with Crippen molar-refractivity contribution in [2.75, 3.05) is 5.32 Å². The maximum Gasteiger partial charge on any atom is 0.319 e. The summed E-state index contributed by atoms with van der Waals surface area (Å²) in [5, 5.41) is 6.10. The van der Waals surface area contributed by atoms with Gasteiger partial charge in [0.1, 0.15) is 5.82 Å². The highest BCUT2D eigenvalue weighted by Crippen LogP contribution is 2.22. The smallest absolute Gasteiger partial charge is 0.319 e. The number of nitrogens with one attached hydrogen (secondary N) is 2. The van der Waals surface area contributed by atoms with Crippen LogP contribution in [-0.4, -0.2) is 6.03 Å². The van der Waals surface area contributed by atoms with Gasteiger partial charge in [-0.15, -0.1) is 0 Å². The van der Waals surface area contributed by atoms with Crippen molar-refractivity contribution in [3.8, 4) is 0 Å². The van der Waals surface area contributed by atoms with E-state index in [2.05, 4.69) is 10.6 Å². The molecule has 2 aromatic rings. The van der Waals surface area contributed by atoms with Crippen LogP contribution >= 0.6 is 11.6 Å². The third-order valence-corrected chi connectivity index (χ3v) is 3.50. The lowest BCUT2D eigenvalue weighted by Gasteiger charge is -2.17. The first-order valence-electron chi connectivity index (χ1n) is 6.55. The van der Waals surface area contributed by atoms with Gasteiger partial charge in [0.2, 0.25) is 0 Å². The molecule has 2 N–H and O–H groups in total. The number of halogens is 2. The van der Waals surface area contributed by atoms with Gasteiger partial charge in [0.15, 0.2) is 0 Å². The predicted octanol–water partition coefficient (Wildman–Crippen LogP) is 4.67. The summed E-state index contributed by atoms with van der Waals surface area (Å²) in [6, 6.07) is 10.9. The van der Waals surface area contributed by atoms with Gasteiger partial charge < -0.3 is 10.6 Å². The predicted molar refractivity (Wildman–Crippen MR) is 83.2 cm³/mol.